The third-order valence-corrected chi connectivity index (χ3v) is 7.00. The molecule has 1 saturated heterocycles. The van der Waals surface area contributed by atoms with Crippen LogP contribution < -0.4 is 14.2 Å². The fourth-order valence-electron chi connectivity index (χ4n) is 3.10. The molecule has 1 aromatic carbocycles. The molecule has 1 heterocycles. The van der Waals surface area contributed by atoms with E-state index in [1.807, 2.05) is 0 Å². The van der Waals surface area contributed by atoms with Crippen molar-refractivity contribution >= 4 is 26.0 Å². The maximum atomic E-state index is 12.6. The van der Waals surface area contributed by atoms with E-state index in [-0.39, 0.29) is 4.90 Å². The van der Waals surface area contributed by atoms with Crippen LogP contribution in [0.2, 0.25) is 0 Å². The molecule has 6 nitrogen and oxygen atoms in total. The zero-order valence-electron chi connectivity index (χ0n) is 15.0. The lowest BCUT2D eigenvalue weighted by atomic mass is 10.0. The Morgan fingerprint density at radius 2 is 1.92 bits per heavy atom. The third-order valence-electron chi connectivity index (χ3n) is 4.58. The Kier molecular flexibility index (Phi) is 7.54. The van der Waals surface area contributed by atoms with Crippen LogP contribution in [0, 0.1) is 0 Å². The molecule has 1 N–H and O–H groups in total. The number of nitrogens with zero attached hydrogens (tertiary/aromatic N) is 1. The summed E-state index contributed by atoms with van der Waals surface area (Å²) in [6, 6.07) is 3.66. The molecule has 0 aromatic heterocycles. The molecule has 1 aromatic rings. The standard InChI is InChI=1S/C17H27BrN2O4S/c1-13-7-4-5-9-20(13)10-6-8-19-25(21,22)17-12-16(24-3)15(23-2)11-14(17)18/h11-13,19H,4-10H2,1-3H3. The highest BCUT2D eigenvalue weighted by molar-refractivity contribution is 9.10. The molecule has 0 spiro atoms. The molecule has 2 rings (SSSR count). The number of ether oxygens (including phenoxy) is 2. The van der Waals surface area contributed by atoms with Crippen molar-refractivity contribution in [2.45, 2.75) is 43.5 Å². The maximum Gasteiger partial charge on any atom is 0.241 e. The van der Waals surface area contributed by atoms with Crippen molar-refractivity contribution in [2.75, 3.05) is 33.9 Å². The van der Waals surface area contributed by atoms with E-state index in [1.165, 1.54) is 39.5 Å². The Bertz CT molecular complexity index is 681. The molecule has 0 amide bonds. The van der Waals surface area contributed by atoms with E-state index in [2.05, 4.69) is 32.5 Å². The molecule has 1 atom stereocenters. The summed E-state index contributed by atoms with van der Waals surface area (Å²) in [6.07, 6.45) is 4.53. The Morgan fingerprint density at radius 3 is 2.56 bits per heavy atom. The first-order valence-electron chi connectivity index (χ1n) is 8.54. The second-order valence-electron chi connectivity index (χ2n) is 6.27. The van der Waals surface area contributed by atoms with Crippen LogP contribution in [0.1, 0.15) is 32.6 Å². The van der Waals surface area contributed by atoms with Crippen molar-refractivity contribution < 1.29 is 17.9 Å². The first-order chi connectivity index (χ1) is 11.9. The van der Waals surface area contributed by atoms with Gasteiger partial charge in [0.15, 0.2) is 11.5 Å². The Morgan fingerprint density at radius 1 is 1.24 bits per heavy atom. The highest BCUT2D eigenvalue weighted by Crippen LogP contribution is 2.35. The summed E-state index contributed by atoms with van der Waals surface area (Å²) in [7, 11) is -0.622. The van der Waals surface area contributed by atoms with Gasteiger partial charge in [0, 0.05) is 23.1 Å². The number of piperidine rings is 1. The smallest absolute Gasteiger partial charge is 0.241 e. The van der Waals surface area contributed by atoms with E-state index in [1.54, 1.807) is 6.07 Å². The summed E-state index contributed by atoms with van der Waals surface area (Å²) in [5.74, 6) is 0.862. The fourth-order valence-corrected chi connectivity index (χ4v) is 5.21. The summed E-state index contributed by atoms with van der Waals surface area (Å²) in [4.78, 5) is 2.58. The second kappa shape index (κ2) is 9.21. The Labute approximate surface area is 159 Å². The normalized spacial score (nSPS) is 19.0. The molecule has 0 aliphatic carbocycles. The van der Waals surface area contributed by atoms with Gasteiger partial charge in [0.05, 0.1) is 14.2 Å². The van der Waals surface area contributed by atoms with E-state index < -0.39 is 10.0 Å². The van der Waals surface area contributed by atoms with Gasteiger partial charge in [-0.25, -0.2) is 13.1 Å². The molecule has 0 bridgehead atoms. The van der Waals surface area contributed by atoms with E-state index in [9.17, 15) is 8.42 Å². The van der Waals surface area contributed by atoms with Crippen molar-refractivity contribution in [2.24, 2.45) is 0 Å². The van der Waals surface area contributed by atoms with Crippen LogP contribution in [0.3, 0.4) is 0 Å². The van der Waals surface area contributed by atoms with Gasteiger partial charge < -0.3 is 14.4 Å². The lowest BCUT2D eigenvalue weighted by Gasteiger charge is -2.33. The summed E-state index contributed by atoms with van der Waals surface area (Å²) < 4.78 is 38.7. The maximum absolute atomic E-state index is 12.6. The van der Waals surface area contributed by atoms with Crippen LogP contribution in [0.15, 0.2) is 21.5 Å². The molecule has 1 aliphatic heterocycles. The molecule has 25 heavy (non-hydrogen) atoms. The van der Waals surface area contributed by atoms with E-state index in [4.69, 9.17) is 9.47 Å². The van der Waals surface area contributed by atoms with Crippen LogP contribution in [-0.2, 0) is 10.0 Å². The van der Waals surface area contributed by atoms with Crippen LogP contribution >= 0.6 is 15.9 Å². The molecule has 0 saturated carbocycles. The highest BCUT2D eigenvalue weighted by Gasteiger charge is 2.22. The first-order valence-corrected chi connectivity index (χ1v) is 10.8. The van der Waals surface area contributed by atoms with Gasteiger partial charge in [0.1, 0.15) is 4.90 Å². The zero-order chi connectivity index (χ0) is 18.4. The van der Waals surface area contributed by atoms with Crippen molar-refractivity contribution in [1.82, 2.24) is 9.62 Å². The number of methoxy groups -OCH3 is 2. The van der Waals surface area contributed by atoms with Gasteiger partial charge in [-0.3, -0.25) is 0 Å². The van der Waals surface area contributed by atoms with Crippen molar-refractivity contribution in [3.05, 3.63) is 16.6 Å². The quantitative estimate of drug-likeness (QED) is 0.636. The predicted octanol–water partition coefficient (Wildman–Crippen LogP) is 3.01. The SMILES string of the molecule is COc1cc(Br)c(S(=O)(=O)NCCCN2CCCCC2C)cc1OC. The number of hydrogen-bond acceptors (Lipinski definition) is 5. The lowest BCUT2D eigenvalue weighted by molar-refractivity contribution is 0.159. The Balaban J connectivity index is 1.97. The number of benzene rings is 1. The van der Waals surface area contributed by atoms with Crippen LogP contribution in [0.4, 0.5) is 0 Å². The molecule has 1 unspecified atom stereocenters. The average molecular weight is 435 g/mol. The highest BCUT2D eigenvalue weighted by atomic mass is 79.9. The van der Waals surface area contributed by atoms with Crippen LogP contribution in [0.25, 0.3) is 0 Å². The van der Waals surface area contributed by atoms with Gasteiger partial charge in [-0.05, 0) is 61.3 Å². The lowest BCUT2D eigenvalue weighted by Crippen LogP contribution is -2.39. The number of halogens is 1. The van der Waals surface area contributed by atoms with E-state index in [0.717, 1.165) is 19.5 Å². The number of likely N-dealkylation sites (tertiary alicyclic amines) is 1. The van der Waals surface area contributed by atoms with E-state index >= 15 is 0 Å². The van der Waals surface area contributed by atoms with Crippen molar-refractivity contribution in [3.63, 3.8) is 0 Å². The summed E-state index contributed by atoms with van der Waals surface area (Å²) in [5.41, 5.74) is 0. The van der Waals surface area contributed by atoms with Gasteiger partial charge in [-0.15, -0.1) is 0 Å². The monoisotopic (exact) mass is 434 g/mol. The van der Waals surface area contributed by atoms with Crippen LogP contribution in [0.5, 0.6) is 11.5 Å². The number of rotatable bonds is 8. The number of hydrogen-bond donors (Lipinski definition) is 1. The molecule has 1 fully saturated rings. The van der Waals surface area contributed by atoms with E-state index in [0.29, 0.717) is 28.6 Å². The van der Waals surface area contributed by atoms with Gasteiger partial charge in [-0.1, -0.05) is 6.42 Å². The molecule has 142 valence electrons. The van der Waals surface area contributed by atoms with Crippen molar-refractivity contribution in [3.8, 4) is 11.5 Å². The zero-order valence-corrected chi connectivity index (χ0v) is 17.5. The number of nitrogens with one attached hydrogen (secondary N) is 1. The third kappa shape index (κ3) is 5.32. The molecule has 1 aliphatic rings. The largest absolute Gasteiger partial charge is 0.493 e. The van der Waals surface area contributed by atoms with Gasteiger partial charge in [0.2, 0.25) is 10.0 Å². The minimum absolute atomic E-state index is 0.150. The van der Waals surface area contributed by atoms with Gasteiger partial charge in [0.25, 0.3) is 0 Å². The number of sulfonamides is 1. The Hall–Kier alpha value is -0.830. The topological polar surface area (TPSA) is 67.9 Å². The molecular weight excluding hydrogens is 408 g/mol. The molecular formula is C17H27BrN2O4S. The summed E-state index contributed by atoms with van der Waals surface area (Å²) >= 11 is 3.30. The molecule has 0 radical (unpaired) electrons. The summed E-state index contributed by atoms with van der Waals surface area (Å²) in [5, 5.41) is 0. The van der Waals surface area contributed by atoms with Crippen LogP contribution in [-0.4, -0.2) is 53.2 Å². The second-order valence-corrected chi connectivity index (χ2v) is 8.86. The molecule has 8 heteroatoms. The predicted molar refractivity (Wildman–Crippen MR) is 102 cm³/mol. The fraction of sp³-hybridized carbons (Fsp3) is 0.647. The minimum atomic E-state index is -3.62. The average Bonchev–Trinajstić information content (AvgIpc) is 2.59. The van der Waals surface area contributed by atoms with Gasteiger partial charge >= 0.3 is 0 Å². The van der Waals surface area contributed by atoms with Gasteiger partial charge in [-0.2, -0.15) is 0 Å². The minimum Gasteiger partial charge on any atom is -0.493 e. The van der Waals surface area contributed by atoms with Crippen molar-refractivity contribution in [1.29, 1.82) is 0 Å². The first kappa shape index (κ1) is 20.5. The summed E-state index contributed by atoms with van der Waals surface area (Å²) in [6.45, 7) is 4.67.